The molecule has 1 amide bonds. The van der Waals surface area contributed by atoms with Gasteiger partial charge in [-0.15, -0.1) is 11.3 Å². The number of rotatable bonds is 5. The second-order valence-electron chi connectivity index (χ2n) is 7.17. The summed E-state index contributed by atoms with van der Waals surface area (Å²) in [6.07, 6.45) is 1.20. The van der Waals surface area contributed by atoms with Gasteiger partial charge in [0.1, 0.15) is 4.83 Å². The molecule has 3 aromatic rings. The van der Waals surface area contributed by atoms with Crippen molar-refractivity contribution >= 4 is 53.3 Å². The maximum absolute atomic E-state index is 12.9. The molecule has 0 spiro atoms. The van der Waals surface area contributed by atoms with E-state index >= 15 is 0 Å². The lowest BCUT2D eigenvalue weighted by Gasteiger charge is -2.32. The Morgan fingerprint density at radius 3 is 2.48 bits per heavy atom. The first-order valence-corrected chi connectivity index (χ1v) is 12.4. The van der Waals surface area contributed by atoms with Crippen LogP contribution in [0.3, 0.4) is 0 Å². The minimum atomic E-state index is -3.53. The predicted octanol–water partition coefficient (Wildman–Crippen LogP) is 3.01. The van der Waals surface area contributed by atoms with Gasteiger partial charge in [0.15, 0.2) is 5.13 Å². The van der Waals surface area contributed by atoms with Crippen LogP contribution in [-0.2, 0) is 10.0 Å². The Morgan fingerprint density at radius 1 is 1.17 bits per heavy atom. The minimum absolute atomic E-state index is 0.00373. The fourth-order valence-corrected chi connectivity index (χ4v) is 6.69. The lowest BCUT2D eigenvalue weighted by molar-refractivity contribution is 0.0716. The summed E-state index contributed by atoms with van der Waals surface area (Å²) >= 11 is 2.99. The van der Waals surface area contributed by atoms with E-state index in [0.29, 0.717) is 30.8 Å². The number of fused-ring (bicyclic) bond motifs is 1. The molecule has 10 heteroatoms. The number of benzene rings is 1. The fourth-order valence-electron chi connectivity index (χ4n) is 3.26. The van der Waals surface area contributed by atoms with E-state index in [4.69, 9.17) is 0 Å². The van der Waals surface area contributed by atoms with Crippen molar-refractivity contribution in [2.45, 2.75) is 23.8 Å². The van der Waals surface area contributed by atoms with Gasteiger partial charge in [-0.3, -0.25) is 4.79 Å². The quantitative estimate of drug-likeness (QED) is 0.646. The monoisotopic (exact) mass is 450 g/mol. The van der Waals surface area contributed by atoms with E-state index in [9.17, 15) is 13.2 Å². The van der Waals surface area contributed by atoms with E-state index in [0.717, 1.165) is 14.7 Å². The first-order chi connectivity index (χ1) is 13.8. The predicted molar refractivity (Wildman–Crippen MR) is 118 cm³/mol. The summed E-state index contributed by atoms with van der Waals surface area (Å²) in [4.78, 5) is 23.0. The van der Waals surface area contributed by atoms with E-state index in [-0.39, 0.29) is 16.8 Å². The molecular formula is C19H22N4O3S3. The van der Waals surface area contributed by atoms with Crippen molar-refractivity contribution in [3.63, 3.8) is 0 Å². The Labute approximate surface area is 178 Å². The van der Waals surface area contributed by atoms with Crippen LogP contribution >= 0.6 is 22.7 Å². The molecular weight excluding hydrogens is 428 g/mol. The van der Waals surface area contributed by atoms with Gasteiger partial charge in [0.2, 0.25) is 10.0 Å². The van der Waals surface area contributed by atoms with Crippen LogP contribution in [0.2, 0.25) is 0 Å². The molecule has 1 aliphatic heterocycles. The highest BCUT2D eigenvalue weighted by Crippen LogP contribution is 2.34. The van der Waals surface area contributed by atoms with E-state index in [1.807, 2.05) is 25.1 Å². The Balaban J connectivity index is 1.38. The average Bonchev–Trinajstić information content (AvgIpc) is 3.28. The van der Waals surface area contributed by atoms with Crippen LogP contribution in [-0.4, -0.2) is 57.4 Å². The molecule has 1 saturated heterocycles. The Morgan fingerprint density at radius 2 is 1.86 bits per heavy atom. The number of aromatic nitrogens is 1. The molecule has 0 radical (unpaired) electrons. The van der Waals surface area contributed by atoms with Crippen molar-refractivity contribution in [2.75, 3.05) is 32.1 Å². The fraction of sp³-hybridized carbons (Fsp3) is 0.368. The molecule has 0 atom stereocenters. The number of nitrogens with zero attached hydrogens (tertiary/aromatic N) is 3. The first-order valence-electron chi connectivity index (χ1n) is 9.28. The Bertz CT molecular complexity index is 1080. The Kier molecular flexibility index (Phi) is 5.60. The normalized spacial score (nSPS) is 15.7. The first kappa shape index (κ1) is 20.3. The third kappa shape index (κ3) is 4.30. The number of thiophene rings is 1. The lowest BCUT2D eigenvalue weighted by Crippen LogP contribution is -2.46. The highest BCUT2D eigenvalue weighted by Gasteiger charge is 2.28. The van der Waals surface area contributed by atoms with Gasteiger partial charge < -0.3 is 9.80 Å². The summed E-state index contributed by atoms with van der Waals surface area (Å²) in [5.74, 6) is -0.00373. The van der Waals surface area contributed by atoms with E-state index in [1.54, 1.807) is 46.6 Å². The number of nitrogens with one attached hydrogen (secondary N) is 1. The van der Waals surface area contributed by atoms with Gasteiger partial charge >= 0.3 is 0 Å². The Hall–Kier alpha value is -2.01. The largest absolute Gasteiger partial charge is 0.354 e. The van der Waals surface area contributed by atoms with Crippen molar-refractivity contribution in [1.82, 2.24) is 14.6 Å². The number of piperidine rings is 1. The smallest absolute Gasteiger partial charge is 0.264 e. The zero-order chi connectivity index (χ0) is 20.6. The molecule has 0 aliphatic carbocycles. The minimum Gasteiger partial charge on any atom is -0.354 e. The van der Waals surface area contributed by atoms with Crippen LogP contribution in [0.15, 0.2) is 41.3 Å². The lowest BCUT2D eigenvalue weighted by atomic mass is 10.1. The second-order valence-corrected chi connectivity index (χ2v) is 10.9. The van der Waals surface area contributed by atoms with Crippen molar-refractivity contribution in [1.29, 1.82) is 0 Å². The molecule has 3 heterocycles. The van der Waals surface area contributed by atoms with Crippen molar-refractivity contribution in [3.05, 3.63) is 41.3 Å². The number of hydrogen-bond acceptors (Lipinski definition) is 7. The zero-order valence-corrected chi connectivity index (χ0v) is 18.6. The van der Waals surface area contributed by atoms with Crippen LogP contribution in [0.1, 0.15) is 22.5 Å². The highest BCUT2D eigenvalue weighted by molar-refractivity contribution is 7.89. The number of likely N-dealkylation sites (tertiary alicyclic amines) is 1. The van der Waals surface area contributed by atoms with Crippen molar-refractivity contribution in [3.8, 4) is 0 Å². The van der Waals surface area contributed by atoms with Crippen LogP contribution in [0.25, 0.3) is 9.53 Å². The molecule has 0 unspecified atom stereocenters. The number of anilines is 1. The van der Waals surface area contributed by atoms with Gasteiger partial charge in [-0.2, -0.15) is 0 Å². The van der Waals surface area contributed by atoms with Crippen molar-refractivity contribution < 1.29 is 13.2 Å². The van der Waals surface area contributed by atoms with Gasteiger partial charge in [0.05, 0.1) is 14.5 Å². The summed E-state index contributed by atoms with van der Waals surface area (Å²) in [6.45, 7) is 1.06. The molecule has 1 N–H and O–H groups in total. The van der Waals surface area contributed by atoms with E-state index in [2.05, 4.69) is 9.71 Å². The maximum Gasteiger partial charge on any atom is 0.264 e. The van der Waals surface area contributed by atoms with Crippen molar-refractivity contribution in [2.24, 2.45) is 0 Å². The molecule has 0 saturated carbocycles. The number of amides is 1. The van der Waals surface area contributed by atoms with E-state index < -0.39 is 10.0 Å². The third-order valence-electron chi connectivity index (χ3n) is 4.83. The summed E-state index contributed by atoms with van der Waals surface area (Å²) < 4.78 is 28.8. The molecule has 1 aliphatic rings. The zero-order valence-electron chi connectivity index (χ0n) is 16.2. The third-order valence-corrected chi connectivity index (χ3v) is 8.68. The van der Waals surface area contributed by atoms with Crippen LogP contribution in [0.5, 0.6) is 0 Å². The summed E-state index contributed by atoms with van der Waals surface area (Å²) in [5.41, 5.74) is 0. The molecule has 4 rings (SSSR count). The topological polar surface area (TPSA) is 82.6 Å². The molecule has 29 heavy (non-hydrogen) atoms. The maximum atomic E-state index is 12.9. The summed E-state index contributed by atoms with van der Waals surface area (Å²) in [5, 5.41) is 0.928. The standard InChI is InChI=1S/C19H22N4O3S3/c1-22(2)19-20-17-15(28-19)12-16(27-17)18(24)23-10-8-13(9-11-23)21-29(25,26)14-6-4-3-5-7-14/h3-7,12-13,21H,8-11H2,1-2H3. The molecule has 1 fully saturated rings. The average molecular weight is 451 g/mol. The van der Waals surface area contributed by atoms with Gasteiger partial charge in [-0.25, -0.2) is 18.1 Å². The molecule has 2 aromatic heterocycles. The second kappa shape index (κ2) is 8.02. The number of thiazole rings is 1. The molecule has 0 bridgehead atoms. The number of carbonyl (C=O) groups is 1. The van der Waals surface area contributed by atoms with Gasteiger partial charge in [0.25, 0.3) is 5.91 Å². The number of hydrogen-bond donors (Lipinski definition) is 1. The van der Waals surface area contributed by atoms with Crippen LogP contribution < -0.4 is 9.62 Å². The number of sulfonamides is 1. The number of carbonyl (C=O) groups excluding carboxylic acids is 1. The highest BCUT2D eigenvalue weighted by atomic mass is 32.2. The summed E-state index contributed by atoms with van der Waals surface area (Å²) in [6, 6.07) is 10.1. The SMILES string of the molecule is CN(C)c1nc2sc(C(=O)N3CCC(NS(=O)(=O)c4ccccc4)CC3)cc2s1. The molecule has 7 nitrogen and oxygen atoms in total. The van der Waals surface area contributed by atoms with Crippen LogP contribution in [0.4, 0.5) is 5.13 Å². The summed E-state index contributed by atoms with van der Waals surface area (Å²) in [7, 11) is 0.365. The van der Waals surface area contributed by atoms with Gasteiger partial charge in [-0.1, -0.05) is 29.5 Å². The van der Waals surface area contributed by atoms with Gasteiger partial charge in [-0.05, 0) is 31.0 Å². The molecule has 1 aromatic carbocycles. The molecule has 154 valence electrons. The van der Waals surface area contributed by atoms with Crippen LogP contribution in [0, 0.1) is 0 Å². The van der Waals surface area contributed by atoms with Gasteiger partial charge in [0, 0.05) is 33.2 Å². The van der Waals surface area contributed by atoms with E-state index in [1.165, 1.54) is 11.3 Å².